The van der Waals surface area contributed by atoms with Crippen LogP contribution in [0, 0.1) is 0 Å². The summed E-state index contributed by atoms with van der Waals surface area (Å²) in [5, 5.41) is 0. The Balaban J connectivity index is 2.11. The number of carbonyl (C=O) groups is 1. The van der Waals surface area contributed by atoms with E-state index in [0.29, 0.717) is 6.42 Å². The number of benzene rings is 2. The van der Waals surface area contributed by atoms with Gasteiger partial charge < -0.3 is 4.74 Å². The van der Waals surface area contributed by atoms with E-state index < -0.39 is 0 Å². The predicted octanol–water partition coefficient (Wildman–Crippen LogP) is 5.63. The van der Waals surface area contributed by atoms with E-state index in [1.807, 2.05) is 42.5 Å². The van der Waals surface area contributed by atoms with Gasteiger partial charge in [0.1, 0.15) is 5.75 Å². The third-order valence-electron chi connectivity index (χ3n) is 4.27. The third-order valence-corrected chi connectivity index (χ3v) is 4.27. The number of Topliss-reactive ketones (excluding diaryl/α,β-unsaturated/α-hetero) is 1. The van der Waals surface area contributed by atoms with Crippen LogP contribution in [-0.2, 0) is 0 Å². The maximum Gasteiger partial charge on any atom is 0.163 e. The highest BCUT2D eigenvalue weighted by molar-refractivity contribution is 5.96. The maximum atomic E-state index is 12.6. The van der Waals surface area contributed by atoms with Crippen molar-refractivity contribution in [1.29, 1.82) is 0 Å². The van der Waals surface area contributed by atoms with Gasteiger partial charge in [0.25, 0.3) is 0 Å². The van der Waals surface area contributed by atoms with Gasteiger partial charge in [-0.2, -0.15) is 0 Å². The Morgan fingerprint density at radius 1 is 1.00 bits per heavy atom. The van der Waals surface area contributed by atoms with Gasteiger partial charge in [-0.05, 0) is 30.0 Å². The zero-order chi connectivity index (χ0) is 16.5. The number of rotatable bonds is 9. The first-order valence-corrected chi connectivity index (χ1v) is 8.46. The van der Waals surface area contributed by atoms with E-state index in [2.05, 4.69) is 19.1 Å². The molecule has 0 saturated carbocycles. The Morgan fingerprint density at radius 3 is 2.30 bits per heavy atom. The van der Waals surface area contributed by atoms with Crippen LogP contribution in [-0.4, -0.2) is 12.9 Å². The summed E-state index contributed by atoms with van der Waals surface area (Å²) >= 11 is 0. The van der Waals surface area contributed by atoms with Crippen LogP contribution < -0.4 is 4.74 Å². The van der Waals surface area contributed by atoms with Gasteiger partial charge in [0.15, 0.2) is 5.78 Å². The average Bonchev–Trinajstić information content (AvgIpc) is 2.62. The number of methoxy groups -OCH3 is 1. The van der Waals surface area contributed by atoms with Crippen molar-refractivity contribution < 1.29 is 9.53 Å². The van der Waals surface area contributed by atoms with Crippen LogP contribution in [0.1, 0.15) is 60.9 Å². The molecule has 2 aromatic carbocycles. The number of ether oxygens (including phenoxy) is 1. The van der Waals surface area contributed by atoms with Gasteiger partial charge in [0, 0.05) is 12.0 Å². The van der Waals surface area contributed by atoms with Gasteiger partial charge in [-0.3, -0.25) is 4.79 Å². The molecule has 0 fully saturated rings. The summed E-state index contributed by atoms with van der Waals surface area (Å²) in [4.78, 5) is 12.6. The molecule has 2 nitrogen and oxygen atoms in total. The van der Waals surface area contributed by atoms with E-state index in [9.17, 15) is 4.79 Å². The molecule has 0 amide bonds. The Morgan fingerprint density at radius 2 is 1.70 bits per heavy atom. The first-order valence-electron chi connectivity index (χ1n) is 8.46. The Labute approximate surface area is 139 Å². The molecule has 122 valence electrons. The van der Waals surface area contributed by atoms with Crippen molar-refractivity contribution in [2.75, 3.05) is 7.11 Å². The third kappa shape index (κ3) is 5.24. The highest BCUT2D eigenvalue weighted by Crippen LogP contribution is 2.29. The molecule has 1 unspecified atom stereocenters. The number of hydrogen-bond acceptors (Lipinski definition) is 2. The first-order chi connectivity index (χ1) is 11.2. The van der Waals surface area contributed by atoms with Gasteiger partial charge in [-0.15, -0.1) is 0 Å². The topological polar surface area (TPSA) is 26.3 Å². The molecule has 0 aliphatic rings. The molecule has 2 rings (SSSR count). The molecule has 0 spiro atoms. The van der Waals surface area contributed by atoms with E-state index in [-0.39, 0.29) is 11.7 Å². The minimum Gasteiger partial charge on any atom is -0.497 e. The monoisotopic (exact) mass is 310 g/mol. The lowest BCUT2D eigenvalue weighted by Crippen LogP contribution is -2.08. The van der Waals surface area contributed by atoms with Crippen molar-refractivity contribution in [3.63, 3.8) is 0 Å². The molecule has 0 bridgehead atoms. The van der Waals surface area contributed by atoms with E-state index >= 15 is 0 Å². The standard InChI is InChI=1S/C21H26O2/c1-3-4-6-11-19(17-12-14-20(23-2)15-13-17)16-21(22)18-9-7-5-8-10-18/h5,7-10,12-15,19H,3-4,6,11,16H2,1-2H3. The number of unbranched alkanes of at least 4 members (excludes halogenated alkanes) is 2. The lowest BCUT2D eigenvalue weighted by molar-refractivity contribution is 0.0972. The summed E-state index contributed by atoms with van der Waals surface area (Å²) in [5.74, 6) is 1.36. The molecule has 2 aromatic rings. The molecular formula is C21H26O2. The van der Waals surface area contributed by atoms with Crippen molar-refractivity contribution in [1.82, 2.24) is 0 Å². The molecule has 2 heteroatoms. The second-order valence-corrected chi connectivity index (χ2v) is 5.96. The lowest BCUT2D eigenvalue weighted by Gasteiger charge is -2.17. The number of ketones is 1. The summed E-state index contributed by atoms with van der Waals surface area (Å²) < 4.78 is 5.23. The maximum absolute atomic E-state index is 12.6. The second kappa shape index (κ2) is 9.14. The van der Waals surface area contributed by atoms with Crippen LogP contribution in [0.25, 0.3) is 0 Å². The van der Waals surface area contributed by atoms with Crippen molar-refractivity contribution >= 4 is 5.78 Å². The first kappa shape index (κ1) is 17.3. The number of hydrogen-bond donors (Lipinski definition) is 0. The Hall–Kier alpha value is -2.09. The Bertz CT molecular complexity index is 587. The highest BCUT2D eigenvalue weighted by Gasteiger charge is 2.17. The molecular weight excluding hydrogens is 284 g/mol. The fourth-order valence-corrected chi connectivity index (χ4v) is 2.87. The highest BCUT2D eigenvalue weighted by atomic mass is 16.5. The molecule has 1 atom stereocenters. The molecule has 0 heterocycles. The van der Waals surface area contributed by atoms with Crippen LogP contribution in [0.4, 0.5) is 0 Å². The van der Waals surface area contributed by atoms with Crippen LogP contribution >= 0.6 is 0 Å². The minimum absolute atomic E-state index is 0.225. The minimum atomic E-state index is 0.225. The van der Waals surface area contributed by atoms with Crippen molar-refractivity contribution in [2.24, 2.45) is 0 Å². The molecule has 0 aliphatic carbocycles. The fourth-order valence-electron chi connectivity index (χ4n) is 2.87. The smallest absolute Gasteiger partial charge is 0.163 e. The van der Waals surface area contributed by atoms with Crippen molar-refractivity contribution in [3.05, 3.63) is 65.7 Å². The zero-order valence-corrected chi connectivity index (χ0v) is 14.1. The van der Waals surface area contributed by atoms with Gasteiger partial charge in [-0.25, -0.2) is 0 Å². The normalized spacial score (nSPS) is 11.9. The van der Waals surface area contributed by atoms with Gasteiger partial charge >= 0.3 is 0 Å². The van der Waals surface area contributed by atoms with Gasteiger partial charge in [-0.1, -0.05) is 68.7 Å². The second-order valence-electron chi connectivity index (χ2n) is 5.96. The largest absolute Gasteiger partial charge is 0.497 e. The zero-order valence-electron chi connectivity index (χ0n) is 14.1. The molecule has 0 aliphatic heterocycles. The SMILES string of the molecule is CCCCCC(CC(=O)c1ccccc1)c1ccc(OC)cc1. The summed E-state index contributed by atoms with van der Waals surface area (Å²) in [6, 6.07) is 17.7. The Kier molecular flexibility index (Phi) is 6.86. The molecule has 0 aromatic heterocycles. The van der Waals surface area contributed by atoms with E-state index in [4.69, 9.17) is 4.74 Å². The van der Waals surface area contributed by atoms with Crippen molar-refractivity contribution in [3.8, 4) is 5.75 Å². The fraction of sp³-hybridized carbons (Fsp3) is 0.381. The van der Waals surface area contributed by atoms with Crippen LogP contribution in [0.15, 0.2) is 54.6 Å². The summed E-state index contributed by atoms with van der Waals surface area (Å²) in [6.07, 6.45) is 5.20. The molecule has 0 radical (unpaired) electrons. The lowest BCUT2D eigenvalue weighted by atomic mass is 9.87. The van der Waals surface area contributed by atoms with E-state index in [1.54, 1.807) is 7.11 Å². The molecule has 23 heavy (non-hydrogen) atoms. The predicted molar refractivity (Wildman–Crippen MR) is 95.3 cm³/mol. The summed E-state index contributed by atoms with van der Waals surface area (Å²) in [6.45, 7) is 2.21. The van der Waals surface area contributed by atoms with E-state index in [0.717, 1.165) is 24.2 Å². The van der Waals surface area contributed by atoms with Crippen LogP contribution in [0.2, 0.25) is 0 Å². The quantitative estimate of drug-likeness (QED) is 0.443. The molecule has 0 saturated heterocycles. The van der Waals surface area contributed by atoms with E-state index in [1.165, 1.54) is 18.4 Å². The molecule has 0 N–H and O–H groups in total. The van der Waals surface area contributed by atoms with Gasteiger partial charge in [0.2, 0.25) is 0 Å². The van der Waals surface area contributed by atoms with Crippen LogP contribution in [0.5, 0.6) is 5.75 Å². The van der Waals surface area contributed by atoms with Crippen molar-refractivity contribution in [2.45, 2.75) is 44.9 Å². The number of carbonyl (C=O) groups excluding carboxylic acids is 1. The summed E-state index contributed by atoms with van der Waals surface area (Å²) in [7, 11) is 1.67. The average molecular weight is 310 g/mol. The summed E-state index contributed by atoms with van der Waals surface area (Å²) in [5.41, 5.74) is 2.03. The van der Waals surface area contributed by atoms with Crippen LogP contribution in [0.3, 0.4) is 0 Å². The van der Waals surface area contributed by atoms with Gasteiger partial charge in [0.05, 0.1) is 7.11 Å².